The van der Waals surface area contributed by atoms with Crippen LogP contribution >= 0.6 is 0 Å². The summed E-state index contributed by atoms with van der Waals surface area (Å²) in [6.45, 7) is 0.972. The standard InChI is InChI=1S/C7H11NO2/c1-10-6(9)7-4-5(7)2-3-8-7/h5,8H,2-4H2,1H3/t5-,7+/m1/s1. The van der Waals surface area contributed by atoms with E-state index in [4.69, 9.17) is 0 Å². The predicted octanol–water partition coefficient (Wildman–Crippen LogP) is -0.0886. The van der Waals surface area contributed by atoms with E-state index in [1.165, 1.54) is 7.11 Å². The van der Waals surface area contributed by atoms with E-state index in [9.17, 15) is 4.79 Å². The Morgan fingerprint density at radius 3 is 3.00 bits per heavy atom. The van der Waals surface area contributed by atoms with Crippen LogP contribution in [0.2, 0.25) is 0 Å². The minimum Gasteiger partial charge on any atom is -0.468 e. The van der Waals surface area contributed by atoms with Crippen molar-refractivity contribution >= 4 is 5.97 Å². The van der Waals surface area contributed by atoms with E-state index >= 15 is 0 Å². The van der Waals surface area contributed by atoms with Gasteiger partial charge < -0.3 is 10.1 Å². The van der Waals surface area contributed by atoms with Gasteiger partial charge in [-0.15, -0.1) is 0 Å². The Hall–Kier alpha value is -0.570. The van der Waals surface area contributed by atoms with Gasteiger partial charge in [0.1, 0.15) is 5.54 Å². The van der Waals surface area contributed by atoms with Crippen LogP contribution in [0.4, 0.5) is 0 Å². The first-order valence-corrected chi connectivity index (χ1v) is 3.63. The molecule has 0 radical (unpaired) electrons. The van der Waals surface area contributed by atoms with Crippen LogP contribution in [0, 0.1) is 5.92 Å². The summed E-state index contributed by atoms with van der Waals surface area (Å²) in [5, 5.41) is 3.18. The van der Waals surface area contributed by atoms with E-state index in [1.54, 1.807) is 0 Å². The van der Waals surface area contributed by atoms with Crippen molar-refractivity contribution in [2.75, 3.05) is 13.7 Å². The zero-order chi connectivity index (χ0) is 7.19. The second-order valence-electron chi connectivity index (χ2n) is 3.08. The minimum absolute atomic E-state index is 0.0741. The number of hydrogen-bond donors (Lipinski definition) is 1. The van der Waals surface area contributed by atoms with Gasteiger partial charge >= 0.3 is 5.97 Å². The molecule has 1 aliphatic carbocycles. The molecule has 1 N–H and O–H groups in total. The minimum atomic E-state index is -0.241. The number of carbonyl (C=O) groups excluding carboxylic acids is 1. The lowest BCUT2D eigenvalue weighted by atomic mass is 10.2. The highest BCUT2D eigenvalue weighted by atomic mass is 16.5. The second-order valence-corrected chi connectivity index (χ2v) is 3.08. The Kier molecular flexibility index (Phi) is 1.06. The van der Waals surface area contributed by atoms with Gasteiger partial charge in [-0.05, 0) is 25.3 Å². The molecular weight excluding hydrogens is 130 g/mol. The van der Waals surface area contributed by atoms with Gasteiger partial charge in [0, 0.05) is 0 Å². The summed E-state index contributed by atoms with van der Waals surface area (Å²) in [6, 6.07) is 0. The maximum absolute atomic E-state index is 11.1. The van der Waals surface area contributed by atoms with Gasteiger partial charge in [-0.3, -0.25) is 4.79 Å². The fourth-order valence-electron chi connectivity index (χ4n) is 1.87. The molecule has 0 spiro atoms. The number of piperidine rings is 1. The molecule has 0 aromatic rings. The van der Waals surface area contributed by atoms with Gasteiger partial charge in [0.25, 0.3) is 0 Å². The number of rotatable bonds is 1. The molecule has 1 saturated carbocycles. The lowest BCUT2D eigenvalue weighted by Crippen LogP contribution is -2.37. The SMILES string of the molecule is COC(=O)[C@]12C[C@H]1CCN2. The number of fused-ring (bicyclic) bond motifs is 1. The van der Waals surface area contributed by atoms with Crippen LogP contribution in [0.25, 0.3) is 0 Å². The van der Waals surface area contributed by atoms with Crippen LogP contribution in [0.5, 0.6) is 0 Å². The zero-order valence-electron chi connectivity index (χ0n) is 6.02. The molecule has 0 unspecified atom stereocenters. The first-order valence-electron chi connectivity index (χ1n) is 3.63. The number of carbonyl (C=O) groups is 1. The third-order valence-corrected chi connectivity index (χ3v) is 2.59. The molecule has 1 saturated heterocycles. The number of ether oxygens (including phenoxy) is 1. The molecule has 2 atom stereocenters. The van der Waals surface area contributed by atoms with Gasteiger partial charge in [0.05, 0.1) is 7.11 Å². The highest BCUT2D eigenvalue weighted by Crippen LogP contribution is 2.50. The van der Waals surface area contributed by atoms with Crippen LogP contribution in [0.3, 0.4) is 0 Å². The van der Waals surface area contributed by atoms with E-state index < -0.39 is 0 Å². The molecule has 3 nitrogen and oxygen atoms in total. The average Bonchev–Trinajstić information content (AvgIpc) is 2.54. The summed E-state index contributed by atoms with van der Waals surface area (Å²) in [6.07, 6.45) is 2.12. The molecule has 2 rings (SSSR count). The Morgan fingerprint density at radius 2 is 2.60 bits per heavy atom. The third-order valence-electron chi connectivity index (χ3n) is 2.59. The van der Waals surface area contributed by atoms with Crippen LogP contribution in [-0.4, -0.2) is 25.2 Å². The van der Waals surface area contributed by atoms with E-state index in [2.05, 4.69) is 10.1 Å². The Labute approximate surface area is 59.7 Å². The first-order chi connectivity index (χ1) is 4.79. The van der Waals surface area contributed by atoms with Crippen LogP contribution in [0.1, 0.15) is 12.8 Å². The lowest BCUT2D eigenvalue weighted by Gasteiger charge is -2.08. The Bertz CT molecular complexity index is 180. The van der Waals surface area contributed by atoms with Crippen molar-refractivity contribution in [3.63, 3.8) is 0 Å². The van der Waals surface area contributed by atoms with E-state index in [0.29, 0.717) is 5.92 Å². The van der Waals surface area contributed by atoms with Gasteiger partial charge in [-0.2, -0.15) is 0 Å². The summed E-state index contributed by atoms with van der Waals surface area (Å²) in [7, 11) is 1.45. The molecule has 0 amide bonds. The monoisotopic (exact) mass is 141 g/mol. The van der Waals surface area contributed by atoms with Crippen molar-refractivity contribution in [2.24, 2.45) is 5.92 Å². The Morgan fingerprint density at radius 1 is 1.80 bits per heavy atom. The number of esters is 1. The maximum Gasteiger partial charge on any atom is 0.326 e. The largest absolute Gasteiger partial charge is 0.468 e. The van der Waals surface area contributed by atoms with E-state index in [-0.39, 0.29) is 11.5 Å². The van der Waals surface area contributed by atoms with Crippen LogP contribution in [0.15, 0.2) is 0 Å². The van der Waals surface area contributed by atoms with Gasteiger partial charge in [-0.1, -0.05) is 0 Å². The fraction of sp³-hybridized carbons (Fsp3) is 0.857. The Balaban J connectivity index is 2.11. The van der Waals surface area contributed by atoms with Crippen LogP contribution < -0.4 is 5.32 Å². The summed E-state index contributed by atoms with van der Waals surface area (Å²) in [5.41, 5.74) is -0.241. The maximum atomic E-state index is 11.1. The molecule has 0 bridgehead atoms. The predicted molar refractivity (Wildman–Crippen MR) is 35.5 cm³/mol. The number of methoxy groups -OCH3 is 1. The van der Waals surface area contributed by atoms with Crippen molar-refractivity contribution in [2.45, 2.75) is 18.4 Å². The molecule has 2 fully saturated rings. The number of hydrogen-bond acceptors (Lipinski definition) is 3. The summed E-state index contributed by atoms with van der Waals surface area (Å²) in [4.78, 5) is 11.1. The number of nitrogens with one attached hydrogen (secondary N) is 1. The molecule has 56 valence electrons. The third kappa shape index (κ3) is 0.560. The summed E-state index contributed by atoms with van der Waals surface area (Å²) < 4.78 is 4.68. The summed E-state index contributed by atoms with van der Waals surface area (Å²) in [5.74, 6) is 0.495. The molecule has 1 aliphatic heterocycles. The smallest absolute Gasteiger partial charge is 0.326 e. The van der Waals surface area contributed by atoms with Crippen molar-refractivity contribution < 1.29 is 9.53 Å². The molecule has 3 heteroatoms. The average molecular weight is 141 g/mol. The molecule has 10 heavy (non-hydrogen) atoms. The highest BCUT2D eigenvalue weighted by Gasteiger charge is 2.63. The molecular formula is C7H11NO2. The normalized spacial score (nSPS) is 42.7. The first kappa shape index (κ1) is 6.16. The molecule has 0 aromatic heterocycles. The van der Waals surface area contributed by atoms with Gasteiger partial charge in [0.15, 0.2) is 0 Å². The quantitative estimate of drug-likeness (QED) is 0.519. The molecule has 2 aliphatic rings. The van der Waals surface area contributed by atoms with Gasteiger partial charge in [0.2, 0.25) is 0 Å². The van der Waals surface area contributed by atoms with Crippen molar-refractivity contribution in [1.82, 2.24) is 5.32 Å². The zero-order valence-corrected chi connectivity index (χ0v) is 6.02. The van der Waals surface area contributed by atoms with Crippen LogP contribution in [-0.2, 0) is 9.53 Å². The van der Waals surface area contributed by atoms with Gasteiger partial charge in [-0.25, -0.2) is 0 Å². The molecule has 0 aromatic carbocycles. The summed E-state index contributed by atoms with van der Waals surface area (Å²) >= 11 is 0. The van der Waals surface area contributed by atoms with Crippen molar-refractivity contribution in [3.8, 4) is 0 Å². The topological polar surface area (TPSA) is 38.3 Å². The van der Waals surface area contributed by atoms with E-state index in [0.717, 1.165) is 19.4 Å². The lowest BCUT2D eigenvalue weighted by molar-refractivity contribution is -0.144. The van der Waals surface area contributed by atoms with Crippen molar-refractivity contribution in [1.29, 1.82) is 0 Å². The van der Waals surface area contributed by atoms with E-state index in [1.807, 2.05) is 0 Å². The molecule has 1 heterocycles. The van der Waals surface area contributed by atoms with Crippen molar-refractivity contribution in [3.05, 3.63) is 0 Å². The highest BCUT2D eigenvalue weighted by molar-refractivity contribution is 5.85. The second kappa shape index (κ2) is 1.72. The fourth-order valence-corrected chi connectivity index (χ4v) is 1.87.